The lowest BCUT2D eigenvalue weighted by molar-refractivity contribution is 0.0391. The maximum absolute atomic E-state index is 13.7. The van der Waals surface area contributed by atoms with Crippen LogP contribution in [0.3, 0.4) is 0 Å². The summed E-state index contributed by atoms with van der Waals surface area (Å²) in [6.45, 7) is 3.54. The molecule has 0 radical (unpaired) electrons. The molecule has 190 valence electrons. The summed E-state index contributed by atoms with van der Waals surface area (Å²) in [5.41, 5.74) is 0.635. The van der Waals surface area contributed by atoms with Gasteiger partial charge >= 0.3 is 0 Å². The monoisotopic (exact) mass is 559 g/mol. The van der Waals surface area contributed by atoms with Gasteiger partial charge in [0.15, 0.2) is 24.8 Å². The van der Waals surface area contributed by atoms with Gasteiger partial charge in [-0.15, -0.1) is 12.4 Å². The summed E-state index contributed by atoms with van der Waals surface area (Å²) >= 11 is 1.20. The normalized spacial score (nSPS) is 15.0. The molecule has 0 atom stereocenters. The number of morpholine rings is 1. The van der Waals surface area contributed by atoms with E-state index in [0.717, 1.165) is 25.6 Å². The number of aromatic nitrogens is 1. The van der Waals surface area contributed by atoms with Gasteiger partial charge in [-0.3, -0.25) is 14.6 Å². The minimum absolute atomic E-state index is 0. The molecule has 1 saturated heterocycles. The summed E-state index contributed by atoms with van der Waals surface area (Å²) in [6.07, 6.45) is 2.21. The van der Waals surface area contributed by atoms with E-state index >= 15 is 0 Å². The highest BCUT2D eigenvalue weighted by molar-refractivity contribution is 7.91. The maximum Gasteiger partial charge on any atom is 0.261 e. The number of rotatable bonds is 7. The average Bonchev–Trinajstić information content (AvgIpc) is 3.21. The maximum atomic E-state index is 13.7. The van der Waals surface area contributed by atoms with Crippen LogP contribution in [0, 0.1) is 0 Å². The van der Waals surface area contributed by atoms with Crippen LogP contribution in [0.4, 0.5) is 5.13 Å². The van der Waals surface area contributed by atoms with E-state index in [4.69, 9.17) is 4.74 Å². The Hall–Kier alpha value is -2.09. The predicted molar refractivity (Wildman–Crippen MR) is 138 cm³/mol. The first kappa shape index (κ1) is 27.5. The Kier molecular flexibility index (Phi) is 8.56. The van der Waals surface area contributed by atoms with Crippen LogP contribution in [0.15, 0.2) is 52.3 Å². The minimum atomic E-state index is -3.63. The van der Waals surface area contributed by atoms with Crippen LogP contribution in [-0.4, -0.2) is 84.5 Å². The van der Waals surface area contributed by atoms with Gasteiger partial charge in [-0.2, -0.15) is 0 Å². The van der Waals surface area contributed by atoms with E-state index in [2.05, 4.69) is 9.88 Å². The van der Waals surface area contributed by atoms with Crippen LogP contribution in [0.2, 0.25) is 0 Å². The molecule has 1 amide bonds. The summed E-state index contributed by atoms with van der Waals surface area (Å²) in [5, 5.41) is 0.377. The molecule has 1 fully saturated rings. The largest absolute Gasteiger partial charge is 0.379 e. The molecule has 0 saturated carbocycles. The smallest absolute Gasteiger partial charge is 0.261 e. The molecule has 2 aromatic carbocycles. The summed E-state index contributed by atoms with van der Waals surface area (Å²) in [4.78, 5) is 22.0. The van der Waals surface area contributed by atoms with Crippen molar-refractivity contribution in [3.05, 3.63) is 48.0 Å². The minimum Gasteiger partial charge on any atom is -0.379 e. The zero-order valence-electron chi connectivity index (χ0n) is 19.2. The third kappa shape index (κ3) is 6.38. The van der Waals surface area contributed by atoms with Crippen molar-refractivity contribution in [3.8, 4) is 0 Å². The molecule has 0 spiro atoms. The van der Waals surface area contributed by atoms with Crippen LogP contribution < -0.4 is 4.90 Å². The highest BCUT2D eigenvalue weighted by Crippen LogP contribution is 2.32. The molecular weight excluding hydrogens is 534 g/mol. The number of amides is 1. The van der Waals surface area contributed by atoms with Gasteiger partial charge in [0.1, 0.15) is 0 Å². The van der Waals surface area contributed by atoms with E-state index in [0.29, 0.717) is 35.1 Å². The summed E-state index contributed by atoms with van der Waals surface area (Å²) < 4.78 is 54.6. The van der Waals surface area contributed by atoms with Crippen molar-refractivity contribution in [2.24, 2.45) is 0 Å². The Balaban J connectivity index is 0.00000342. The zero-order valence-corrected chi connectivity index (χ0v) is 22.5. The number of benzene rings is 2. The molecule has 0 aliphatic carbocycles. The van der Waals surface area contributed by atoms with Gasteiger partial charge in [-0.05, 0) is 30.3 Å². The Labute approximate surface area is 215 Å². The molecule has 3 aromatic rings. The molecule has 4 rings (SSSR count). The van der Waals surface area contributed by atoms with Crippen LogP contribution >= 0.6 is 23.7 Å². The van der Waals surface area contributed by atoms with E-state index in [1.807, 2.05) is 0 Å². The first-order chi connectivity index (χ1) is 16.0. The van der Waals surface area contributed by atoms with E-state index in [9.17, 15) is 21.6 Å². The van der Waals surface area contributed by atoms with Gasteiger partial charge < -0.3 is 4.74 Å². The lowest BCUT2D eigenvalue weighted by Gasteiger charge is -2.29. The number of nitrogens with zero attached hydrogens (tertiary/aromatic N) is 3. The van der Waals surface area contributed by atoms with Crippen molar-refractivity contribution in [2.45, 2.75) is 9.79 Å². The second-order valence-electron chi connectivity index (χ2n) is 8.08. The van der Waals surface area contributed by atoms with Gasteiger partial charge in [0.25, 0.3) is 5.91 Å². The Bertz CT molecular complexity index is 1430. The number of hydrogen-bond acceptors (Lipinski definition) is 9. The molecule has 0 unspecified atom stereocenters. The lowest BCUT2D eigenvalue weighted by Crippen LogP contribution is -2.43. The lowest BCUT2D eigenvalue weighted by atomic mass is 10.2. The summed E-state index contributed by atoms with van der Waals surface area (Å²) in [6, 6.07) is 10.8. The summed E-state index contributed by atoms with van der Waals surface area (Å²) in [5.74, 6) is -0.475. The van der Waals surface area contributed by atoms with Gasteiger partial charge in [0.05, 0.1) is 38.8 Å². The molecule has 0 bridgehead atoms. The third-order valence-electron chi connectivity index (χ3n) is 5.51. The number of halogens is 1. The predicted octanol–water partition coefficient (Wildman–Crippen LogP) is 2.50. The molecule has 35 heavy (non-hydrogen) atoms. The Morgan fingerprint density at radius 2 is 1.74 bits per heavy atom. The topological polar surface area (TPSA) is 114 Å². The second kappa shape index (κ2) is 10.9. The van der Waals surface area contributed by atoms with Crippen molar-refractivity contribution in [1.29, 1.82) is 0 Å². The number of thiazole rings is 1. The first-order valence-electron chi connectivity index (χ1n) is 10.6. The highest BCUT2D eigenvalue weighted by Gasteiger charge is 2.27. The first-order valence-corrected chi connectivity index (χ1v) is 15.2. The van der Waals surface area contributed by atoms with Gasteiger partial charge in [0, 0.05) is 38.7 Å². The average molecular weight is 560 g/mol. The quantitative estimate of drug-likeness (QED) is 0.434. The van der Waals surface area contributed by atoms with E-state index in [1.54, 1.807) is 24.3 Å². The highest BCUT2D eigenvalue weighted by atomic mass is 35.5. The number of hydrogen-bond donors (Lipinski definition) is 0. The van der Waals surface area contributed by atoms with Gasteiger partial charge in [-0.25, -0.2) is 21.8 Å². The third-order valence-corrected chi connectivity index (χ3v) is 8.82. The van der Waals surface area contributed by atoms with Crippen LogP contribution in [0.1, 0.15) is 10.4 Å². The zero-order chi connectivity index (χ0) is 24.5. The number of anilines is 1. The fourth-order valence-corrected chi connectivity index (χ4v) is 6.33. The number of fused-ring (bicyclic) bond motifs is 1. The molecule has 13 heteroatoms. The van der Waals surface area contributed by atoms with Crippen molar-refractivity contribution in [1.82, 2.24) is 9.88 Å². The van der Waals surface area contributed by atoms with Crippen molar-refractivity contribution < 1.29 is 26.4 Å². The molecule has 2 heterocycles. The number of ether oxygens (including phenoxy) is 1. The molecule has 1 aliphatic heterocycles. The molecule has 0 N–H and O–H groups in total. The molecule has 1 aliphatic rings. The van der Waals surface area contributed by atoms with E-state index in [1.165, 1.54) is 34.4 Å². The Morgan fingerprint density at radius 3 is 2.40 bits per heavy atom. The van der Waals surface area contributed by atoms with Crippen LogP contribution in [0.5, 0.6) is 0 Å². The Morgan fingerprint density at radius 1 is 1.06 bits per heavy atom. The molecule has 1 aromatic heterocycles. The number of sulfone groups is 2. The SMILES string of the molecule is CS(=O)(=O)c1ccc2nc(N(CCN3CCOCC3)C(=O)c3ccccc3S(C)(=O)=O)sc2c1.Cl. The van der Waals surface area contributed by atoms with Gasteiger partial charge in [0.2, 0.25) is 0 Å². The fraction of sp³-hybridized carbons (Fsp3) is 0.364. The molecule has 9 nitrogen and oxygen atoms in total. The van der Waals surface area contributed by atoms with Crippen LogP contribution in [0.25, 0.3) is 10.2 Å². The van der Waals surface area contributed by atoms with E-state index in [-0.39, 0.29) is 34.3 Å². The van der Waals surface area contributed by atoms with Gasteiger partial charge in [-0.1, -0.05) is 23.5 Å². The fourth-order valence-electron chi connectivity index (χ4n) is 3.70. The number of carbonyl (C=O) groups is 1. The van der Waals surface area contributed by atoms with Crippen LogP contribution in [-0.2, 0) is 24.4 Å². The second-order valence-corrected chi connectivity index (χ2v) is 13.1. The number of carbonyl (C=O) groups excluding carboxylic acids is 1. The standard InChI is InChI=1S/C22H25N3O6S3.ClH/c1-33(27,28)16-7-8-18-19(15-16)32-22(23-18)25(10-9-24-11-13-31-14-12-24)21(26)17-5-3-4-6-20(17)34(2,29)30;/h3-8,15H,9-14H2,1-2H3;1H. The van der Waals surface area contributed by atoms with Crippen molar-refractivity contribution >= 4 is 64.7 Å². The van der Waals surface area contributed by atoms with Crippen molar-refractivity contribution in [3.63, 3.8) is 0 Å². The van der Waals surface area contributed by atoms with E-state index < -0.39 is 25.6 Å². The summed E-state index contributed by atoms with van der Waals surface area (Å²) in [7, 11) is -7.03. The van der Waals surface area contributed by atoms with Crippen molar-refractivity contribution in [2.75, 3.05) is 56.8 Å². The molecular formula is C22H26ClN3O6S3.